The van der Waals surface area contributed by atoms with E-state index >= 15 is 0 Å². The van der Waals surface area contributed by atoms with E-state index in [4.69, 9.17) is 4.98 Å². The smallest absolute Gasteiger partial charge is 0.308 e. The SMILES string of the molecule is Cc1cc(C)n(-c2nc(C)c(C)c(N3CCCC(C(=O)O)C3)n2)n1. The van der Waals surface area contributed by atoms with Crippen molar-refractivity contribution in [2.75, 3.05) is 18.0 Å². The minimum atomic E-state index is -0.734. The number of aryl methyl sites for hydroxylation is 3. The molecular weight excluding hydrogens is 306 g/mol. The van der Waals surface area contributed by atoms with Crippen molar-refractivity contribution in [3.8, 4) is 5.95 Å². The van der Waals surface area contributed by atoms with Crippen molar-refractivity contribution in [3.05, 3.63) is 28.7 Å². The molecule has 7 heteroatoms. The highest BCUT2D eigenvalue weighted by Gasteiger charge is 2.28. The Morgan fingerprint density at radius 2 is 2.00 bits per heavy atom. The van der Waals surface area contributed by atoms with E-state index in [9.17, 15) is 9.90 Å². The van der Waals surface area contributed by atoms with Gasteiger partial charge in [-0.15, -0.1) is 0 Å². The maximum Gasteiger partial charge on any atom is 0.308 e. The van der Waals surface area contributed by atoms with Crippen LogP contribution in [0.4, 0.5) is 5.82 Å². The third-order valence-corrected chi connectivity index (χ3v) is 4.62. The van der Waals surface area contributed by atoms with Crippen molar-refractivity contribution < 1.29 is 9.90 Å². The summed E-state index contributed by atoms with van der Waals surface area (Å²) < 4.78 is 1.74. The Bertz CT molecular complexity index is 784. The Balaban J connectivity index is 2.01. The third-order valence-electron chi connectivity index (χ3n) is 4.62. The maximum absolute atomic E-state index is 11.3. The molecule has 2 aromatic rings. The fourth-order valence-corrected chi connectivity index (χ4v) is 3.20. The molecule has 2 aromatic heterocycles. The van der Waals surface area contributed by atoms with Crippen molar-refractivity contribution in [1.82, 2.24) is 19.7 Å². The Morgan fingerprint density at radius 3 is 2.62 bits per heavy atom. The summed E-state index contributed by atoms with van der Waals surface area (Å²) >= 11 is 0. The van der Waals surface area contributed by atoms with Crippen LogP contribution in [0.5, 0.6) is 0 Å². The van der Waals surface area contributed by atoms with E-state index in [0.29, 0.717) is 12.5 Å². The number of anilines is 1. The van der Waals surface area contributed by atoms with Gasteiger partial charge in [-0.25, -0.2) is 9.67 Å². The van der Waals surface area contributed by atoms with Gasteiger partial charge in [-0.2, -0.15) is 10.1 Å². The first kappa shape index (κ1) is 16.4. The average Bonchev–Trinajstić information content (AvgIpc) is 2.88. The molecule has 128 valence electrons. The van der Waals surface area contributed by atoms with E-state index < -0.39 is 5.97 Å². The summed E-state index contributed by atoms with van der Waals surface area (Å²) in [5, 5.41) is 13.8. The summed E-state index contributed by atoms with van der Waals surface area (Å²) in [5.74, 6) is 0.277. The molecule has 0 bridgehead atoms. The summed E-state index contributed by atoms with van der Waals surface area (Å²) in [6, 6.07) is 1.99. The predicted molar refractivity (Wildman–Crippen MR) is 90.7 cm³/mol. The lowest BCUT2D eigenvalue weighted by molar-refractivity contribution is -0.141. The number of carboxylic acids is 1. The molecule has 0 aromatic carbocycles. The second-order valence-electron chi connectivity index (χ2n) is 6.52. The molecule has 1 aliphatic rings. The third kappa shape index (κ3) is 2.98. The zero-order chi connectivity index (χ0) is 17.4. The van der Waals surface area contributed by atoms with Crippen molar-refractivity contribution >= 4 is 11.8 Å². The van der Waals surface area contributed by atoms with Crippen molar-refractivity contribution in [3.63, 3.8) is 0 Å². The van der Waals surface area contributed by atoms with Crippen molar-refractivity contribution in [1.29, 1.82) is 0 Å². The summed E-state index contributed by atoms with van der Waals surface area (Å²) in [7, 11) is 0. The van der Waals surface area contributed by atoms with Crippen LogP contribution in [0.25, 0.3) is 5.95 Å². The lowest BCUT2D eigenvalue weighted by Crippen LogP contribution is -2.39. The minimum absolute atomic E-state index is 0.342. The maximum atomic E-state index is 11.3. The van der Waals surface area contributed by atoms with Gasteiger partial charge in [0.2, 0.25) is 0 Å². The van der Waals surface area contributed by atoms with Crippen LogP contribution in [0.2, 0.25) is 0 Å². The van der Waals surface area contributed by atoms with E-state index in [1.54, 1.807) is 4.68 Å². The highest BCUT2D eigenvalue weighted by Crippen LogP contribution is 2.26. The molecule has 1 atom stereocenters. The molecule has 0 aliphatic carbocycles. The number of nitrogens with zero attached hydrogens (tertiary/aromatic N) is 5. The second kappa shape index (κ2) is 6.22. The van der Waals surface area contributed by atoms with Crippen LogP contribution >= 0.6 is 0 Å². The summed E-state index contributed by atoms with van der Waals surface area (Å²) in [6.45, 7) is 9.16. The Kier molecular flexibility index (Phi) is 4.26. The monoisotopic (exact) mass is 329 g/mol. The zero-order valence-corrected chi connectivity index (χ0v) is 14.6. The molecule has 3 heterocycles. The molecule has 0 amide bonds. The van der Waals surface area contributed by atoms with Crippen LogP contribution in [0.15, 0.2) is 6.07 Å². The van der Waals surface area contributed by atoms with Gasteiger partial charge in [0, 0.05) is 30.0 Å². The molecule has 1 N–H and O–H groups in total. The van der Waals surface area contributed by atoms with E-state index in [1.165, 1.54) is 0 Å². The molecule has 1 fully saturated rings. The minimum Gasteiger partial charge on any atom is -0.481 e. The molecule has 1 saturated heterocycles. The fourth-order valence-electron chi connectivity index (χ4n) is 3.20. The number of piperidine rings is 1. The molecule has 7 nitrogen and oxygen atoms in total. The highest BCUT2D eigenvalue weighted by molar-refractivity contribution is 5.71. The van der Waals surface area contributed by atoms with Gasteiger partial charge >= 0.3 is 5.97 Å². The molecule has 3 rings (SSSR count). The first-order valence-electron chi connectivity index (χ1n) is 8.23. The quantitative estimate of drug-likeness (QED) is 0.929. The van der Waals surface area contributed by atoms with E-state index in [0.717, 1.165) is 47.8 Å². The Labute approximate surface area is 141 Å². The number of carbonyl (C=O) groups is 1. The van der Waals surface area contributed by atoms with Gasteiger partial charge in [-0.05, 0) is 46.6 Å². The predicted octanol–water partition coefficient (Wildman–Crippen LogP) is 2.20. The number of aliphatic carboxylic acids is 1. The fraction of sp³-hybridized carbons (Fsp3) is 0.529. The average molecular weight is 329 g/mol. The van der Waals surface area contributed by atoms with Crippen LogP contribution in [-0.4, -0.2) is 43.9 Å². The zero-order valence-electron chi connectivity index (χ0n) is 14.6. The van der Waals surface area contributed by atoms with Crippen molar-refractivity contribution in [2.24, 2.45) is 5.92 Å². The second-order valence-corrected chi connectivity index (χ2v) is 6.52. The number of rotatable bonds is 3. The van der Waals surface area contributed by atoms with Crippen LogP contribution in [0.1, 0.15) is 35.5 Å². The number of hydrogen-bond donors (Lipinski definition) is 1. The van der Waals surface area contributed by atoms with Crippen LogP contribution < -0.4 is 4.90 Å². The number of carboxylic acid groups (broad SMARTS) is 1. The molecule has 0 saturated carbocycles. The number of aromatic nitrogens is 4. The van der Waals surface area contributed by atoms with Gasteiger partial charge in [-0.1, -0.05) is 0 Å². The normalized spacial score (nSPS) is 18.0. The van der Waals surface area contributed by atoms with Gasteiger partial charge in [0.15, 0.2) is 0 Å². The first-order chi connectivity index (χ1) is 11.4. The molecule has 0 radical (unpaired) electrons. The molecule has 1 aliphatic heterocycles. The summed E-state index contributed by atoms with van der Waals surface area (Å²) in [5.41, 5.74) is 3.77. The molecule has 1 unspecified atom stereocenters. The topological polar surface area (TPSA) is 84.1 Å². The van der Waals surface area contributed by atoms with E-state index in [1.807, 2.05) is 33.8 Å². The van der Waals surface area contributed by atoms with E-state index in [2.05, 4.69) is 15.0 Å². The highest BCUT2D eigenvalue weighted by atomic mass is 16.4. The van der Waals surface area contributed by atoms with Crippen LogP contribution in [0.3, 0.4) is 0 Å². The number of hydrogen-bond acceptors (Lipinski definition) is 5. The van der Waals surface area contributed by atoms with Crippen LogP contribution in [-0.2, 0) is 4.79 Å². The van der Waals surface area contributed by atoms with Crippen LogP contribution in [0, 0.1) is 33.6 Å². The summed E-state index contributed by atoms with van der Waals surface area (Å²) in [4.78, 5) is 22.7. The Morgan fingerprint density at radius 1 is 1.25 bits per heavy atom. The summed E-state index contributed by atoms with van der Waals surface area (Å²) in [6.07, 6.45) is 1.58. The van der Waals surface area contributed by atoms with Crippen molar-refractivity contribution in [2.45, 2.75) is 40.5 Å². The standard InChI is InChI=1S/C17H23N5O2/c1-10-8-11(2)22(20-10)17-18-13(4)12(3)15(19-17)21-7-5-6-14(9-21)16(23)24/h8,14H,5-7,9H2,1-4H3,(H,23,24). The van der Waals surface area contributed by atoms with Gasteiger partial charge in [0.25, 0.3) is 5.95 Å². The Hall–Kier alpha value is -2.44. The lowest BCUT2D eigenvalue weighted by Gasteiger charge is -2.32. The molecular formula is C17H23N5O2. The van der Waals surface area contributed by atoms with Gasteiger partial charge in [0.1, 0.15) is 5.82 Å². The van der Waals surface area contributed by atoms with Gasteiger partial charge in [-0.3, -0.25) is 4.79 Å². The van der Waals surface area contributed by atoms with Gasteiger partial charge in [0.05, 0.1) is 11.6 Å². The van der Waals surface area contributed by atoms with E-state index in [-0.39, 0.29) is 5.92 Å². The molecule has 24 heavy (non-hydrogen) atoms. The first-order valence-corrected chi connectivity index (χ1v) is 8.23. The van der Waals surface area contributed by atoms with Gasteiger partial charge < -0.3 is 10.0 Å². The molecule has 0 spiro atoms. The largest absolute Gasteiger partial charge is 0.481 e. The lowest BCUT2D eigenvalue weighted by atomic mass is 9.98.